The minimum atomic E-state index is -3.72. The molecule has 1 aliphatic heterocycles. The van der Waals surface area contributed by atoms with E-state index in [9.17, 15) is 13.2 Å². The van der Waals surface area contributed by atoms with Crippen LogP contribution in [0.25, 0.3) is 6.08 Å². The summed E-state index contributed by atoms with van der Waals surface area (Å²) < 4.78 is 30.1. The Balaban J connectivity index is 1.55. The molecule has 1 N–H and O–H groups in total. The summed E-state index contributed by atoms with van der Waals surface area (Å²) in [6.07, 6.45) is 5.69. The molecule has 0 spiro atoms. The van der Waals surface area contributed by atoms with Crippen LogP contribution in [0.1, 0.15) is 30.4 Å². The van der Waals surface area contributed by atoms with Gasteiger partial charge in [0.2, 0.25) is 15.9 Å². The Kier molecular flexibility index (Phi) is 4.61. The van der Waals surface area contributed by atoms with Crippen molar-refractivity contribution in [1.29, 1.82) is 0 Å². The van der Waals surface area contributed by atoms with Crippen LogP contribution in [0.2, 0.25) is 0 Å². The van der Waals surface area contributed by atoms with Crippen molar-refractivity contribution in [3.63, 3.8) is 0 Å². The second-order valence-electron chi connectivity index (χ2n) is 6.93. The third kappa shape index (κ3) is 3.42. The maximum Gasteiger partial charge on any atom is 0.246 e. The van der Waals surface area contributed by atoms with E-state index in [1.165, 1.54) is 0 Å². The van der Waals surface area contributed by atoms with Gasteiger partial charge < -0.3 is 0 Å². The summed E-state index contributed by atoms with van der Waals surface area (Å²) in [7, 11) is -1.96. The summed E-state index contributed by atoms with van der Waals surface area (Å²) in [6.45, 7) is 0.562. The van der Waals surface area contributed by atoms with Crippen LogP contribution in [-0.2, 0) is 28.3 Å². The molecule has 0 saturated carbocycles. The van der Waals surface area contributed by atoms with Crippen molar-refractivity contribution < 1.29 is 13.2 Å². The van der Waals surface area contributed by atoms with Gasteiger partial charge in [0.25, 0.3) is 0 Å². The molecule has 2 aliphatic rings. The maximum absolute atomic E-state index is 12.9. The first-order valence-corrected chi connectivity index (χ1v) is 10.5. The highest BCUT2D eigenvalue weighted by atomic mass is 32.2. The first-order valence-electron chi connectivity index (χ1n) is 9.06. The van der Waals surface area contributed by atoms with Gasteiger partial charge in [0.1, 0.15) is 11.9 Å². The molecule has 2 aromatic rings. The van der Waals surface area contributed by atoms with Crippen molar-refractivity contribution in [1.82, 2.24) is 14.5 Å². The Hall–Kier alpha value is -2.45. The van der Waals surface area contributed by atoms with Crippen LogP contribution in [0.3, 0.4) is 0 Å². The van der Waals surface area contributed by atoms with Gasteiger partial charge >= 0.3 is 0 Å². The van der Waals surface area contributed by atoms with Gasteiger partial charge in [-0.25, -0.2) is 8.42 Å². The quantitative estimate of drug-likeness (QED) is 0.869. The number of nitrogens with one attached hydrogen (secondary N) is 1. The number of hydrogen-bond donors (Lipinski definition) is 1. The van der Waals surface area contributed by atoms with Crippen LogP contribution in [0.4, 0.5) is 5.82 Å². The topological polar surface area (TPSA) is 84.3 Å². The van der Waals surface area contributed by atoms with Crippen molar-refractivity contribution in [3.8, 4) is 0 Å². The summed E-state index contributed by atoms with van der Waals surface area (Å²) in [6, 6.07) is 8.79. The standard InChI is InChI=1S/C19H22N4O3S/c1-22-18(10-11-20-22)23-12-4-7-17(19(23)24)21-27(25,26)16-9-8-14-5-2-3-6-15(14)13-16/h2-3,5-6,10-11,13,17,21H,4,7-9,12H2,1H3. The van der Waals surface area contributed by atoms with Crippen molar-refractivity contribution in [2.75, 3.05) is 11.4 Å². The number of sulfonamides is 1. The van der Waals surface area contributed by atoms with Gasteiger partial charge in [-0.2, -0.15) is 9.82 Å². The van der Waals surface area contributed by atoms with E-state index >= 15 is 0 Å². The first kappa shape index (κ1) is 17.9. The van der Waals surface area contributed by atoms with Crippen molar-refractivity contribution >= 4 is 27.8 Å². The molecule has 1 saturated heterocycles. The number of aryl methyl sites for hydroxylation is 2. The average molecular weight is 386 g/mol. The van der Waals surface area contributed by atoms with Crippen molar-refractivity contribution in [2.45, 2.75) is 31.7 Å². The van der Waals surface area contributed by atoms with E-state index in [4.69, 9.17) is 0 Å². The minimum Gasteiger partial charge on any atom is -0.296 e. The molecule has 142 valence electrons. The van der Waals surface area contributed by atoms with E-state index in [2.05, 4.69) is 9.82 Å². The molecule has 1 amide bonds. The predicted octanol–water partition coefficient (Wildman–Crippen LogP) is 1.82. The lowest BCUT2D eigenvalue weighted by molar-refractivity contribution is -0.121. The lowest BCUT2D eigenvalue weighted by Gasteiger charge is -2.32. The number of anilines is 1. The predicted molar refractivity (Wildman–Crippen MR) is 103 cm³/mol. The zero-order chi connectivity index (χ0) is 19.0. The number of allylic oxidation sites excluding steroid dienone is 1. The lowest BCUT2D eigenvalue weighted by atomic mass is 9.98. The summed E-state index contributed by atoms with van der Waals surface area (Å²) in [5, 5.41) is 4.10. The Labute approximate surface area is 158 Å². The van der Waals surface area contributed by atoms with Crippen LogP contribution >= 0.6 is 0 Å². The second kappa shape index (κ2) is 6.94. The Morgan fingerprint density at radius 1 is 1.19 bits per heavy atom. The molecule has 1 unspecified atom stereocenters. The molecule has 1 aromatic carbocycles. The fourth-order valence-corrected chi connectivity index (χ4v) is 5.12. The monoisotopic (exact) mass is 386 g/mol. The van der Waals surface area contributed by atoms with Gasteiger partial charge in [-0.3, -0.25) is 14.4 Å². The molecule has 1 aliphatic carbocycles. The summed E-state index contributed by atoms with van der Waals surface area (Å²) in [5.41, 5.74) is 2.07. The van der Waals surface area contributed by atoms with E-state index in [0.717, 1.165) is 17.5 Å². The molecule has 2 heterocycles. The summed E-state index contributed by atoms with van der Waals surface area (Å²) in [4.78, 5) is 14.8. The van der Waals surface area contributed by atoms with E-state index in [1.807, 2.05) is 24.3 Å². The fourth-order valence-electron chi connectivity index (χ4n) is 3.72. The van der Waals surface area contributed by atoms with Gasteiger partial charge in [0.15, 0.2) is 0 Å². The number of hydrogen-bond acceptors (Lipinski definition) is 4. The third-order valence-electron chi connectivity index (χ3n) is 5.17. The normalized spacial score (nSPS) is 20.3. The average Bonchev–Trinajstić information content (AvgIpc) is 3.08. The number of rotatable bonds is 4. The van der Waals surface area contributed by atoms with Gasteiger partial charge in [0, 0.05) is 19.7 Å². The van der Waals surface area contributed by atoms with Crippen molar-refractivity contribution in [2.24, 2.45) is 7.05 Å². The zero-order valence-corrected chi connectivity index (χ0v) is 15.9. The lowest BCUT2D eigenvalue weighted by Crippen LogP contribution is -2.53. The van der Waals surface area contributed by atoms with E-state index < -0.39 is 16.1 Å². The number of nitrogens with zero attached hydrogens (tertiary/aromatic N) is 3. The summed E-state index contributed by atoms with van der Waals surface area (Å²) in [5.74, 6) is 0.444. The van der Waals surface area contributed by atoms with Gasteiger partial charge in [-0.1, -0.05) is 24.3 Å². The van der Waals surface area contributed by atoms with E-state index in [-0.39, 0.29) is 5.91 Å². The first-order chi connectivity index (χ1) is 13.0. The molecule has 0 bridgehead atoms. The van der Waals surface area contributed by atoms with Crippen molar-refractivity contribution in [3.05, 3.63) is 52.6 Å². The number of fused-ring (bicyclic) bond motifs is 1. The van der Waals surface area contributed by atoms with Crippen LogP contribution in [0, 0.1) is 0 Å². The summed E-state index contributed by atoms with van der Waals surface area (Å²) >= 11 is 0. The van der Waals surface area contributed by atoms with Gasteiger partial charge in [0.05, 0.1) is 11.1 Å². The second-order valence-corrected chi connectivity index (χ2v) is 8.70. The molecular formula is C19H22N4O3S. The van der Waals surface area contributed by atoms with Crippen LogP contribution in [0.15, 0.2) is 41.4 Å². The molecule has 0 radical (unpaired) electrons. The van der Waals surface area contributed by atoms with E-state index in [0.29, 0.717) is 36.5 Å². The third-order valence-corrected chi connectivity index (χ3v) is 6.77. The molecule has 1 atom stereocenters. The smallest absolute Gasteiger partial charge is 0.246 e. The molecule has 4 rings (SSSR count). The molecule has 27 heavy (non-hydrogen) atoms. The van der Waals surface area contributed by atoms with Crippen LogP contribution in [-0.4, -0.2) is 36.7 Å². The van der Waals surface area contributed by atoms with E-state index in [1.54, 1.807) is 35.0 Å². The van der Waals surface area contributed by atoms with Gasteiger partial charge in [-0.05, 0) is 42.9 Å². The number of carbonyl (C=O) groups is 1. The number of benzene rings is 1. The molecule has 1 aromatic heterocycles. The van der Waals surface area contributed by atoms with Gasteiger partial charge in [-0.15, -0.1) is 0 Å². The molecular weight excluding hydrogens is 364 g/mol. The molecule has 7 nitrogen and oxygen atoms in total. The largest absolute Gasteiger partial charge is 0.296 e. The SMILES string of the molecule is Cn1nccc1N1CCCC(NS(=O)(=O)C2=Cc3ccccc3CC2)C1=O. The number of piperidine rings is 1. The molecule has 1 fully saturated rings. The number of aromatic nitrogens is 2. The fraction of sp³-hybridized carbons (Fsp3) is 0.368. The Morgan fingerprint density at radius 3 is 2.78 bits per heavy atom. The zero-order valence-electron chi connectivity index (χ0n) is 15.1. The van der Waals surface area contributed by atoms with Crippen LogP contribution < -0.4 is 9.62 Å². The Bertz CT molecular complexity index is 1010. The molecule has 8 heteroatoms. The minimum absolute atomic E-state index is 0.231. The highest BCUT2D eigenvalue weighted by molar-refractivity contribution is 7.93. The highest BCUT2D eigenvalue weighted by Crippen LogP contribution is 2.28. The number of amides is 1. The maximum atomic E-state index is 12.9. The highest BCUT2D eigenvalue weighted by Gasteiger charge is 2.35. The van der Waals surface area contributed by atoms with Crippen LogP contribution in [0.5, 0.6) is 0 Å². The number of carbonyl (C=O) groups excluding carboxylic acids is 1. The Morgan fingerprint density at radius 2 is 2.00 bits per heavy atom.